The SMILES string of the molecule is N.NN1CCC[C@H]1C(=O)O. The molecule has 0 saturated carbocycles. The molecular weight excluding hydrogens is 134 g/mol. The first-order chi connectivity index (χ1) is 4.22. The van der Waals surface area contributed by atoms with Crippen LogP contribution in [0.25, 0.3) is 0 Å². The minimum absolute atomic E-state index is 0. The Hall–Kier alpha value is -0.650. The molecule has 60 valence electrons. The van der Waals surface area contributed by atoms with Gasteiger partial charge in [-0.2, -0.15) is 0 Å². The lowest BCUT2D eigenvalue weighted by Crippen LogP contribution is -2.40. The highest BCUT2D eigenvalue weighted by Gasteiger charge is 2.27. The van der Waals surface area contributed by atoms with Gasteiger partial charge in [-0.05, 0) is 12.8 Å². The van der Waals surface area contributed by atoms with Gasteiger partial charge in [0.05, 0.1) is 0 Å². The molecule has 1 saturated heterocycles. The zero-order valence-corrected chi connectivity index (χ0v) is 5.79. The van der Waals surface area contributed by atoms with Gasteiger partial charge in [-0.3, -0.25) is 10.6 Å². The van der Waals surface area contributed by atoms with Gasteiger partial charge in [0.25, 0.3) is 0 Å². The number of aliphatic carboxylic acids is 1. The maximum Gasteiger partial charge on any atom is 0.322 e. The van der Waals surface area contributed by atoms with E-state index in [9.17, 15) is 4.79 Å². The summed E-state index contributed by atoms with van der Waals surface area (Å²) >= 11 is 0. The number of hydrogen-bond donors (Lipinski definition) is 3. The second kappa shape index (κ2) is 3.50. The monoisotopic (exact) mass is 147 g/mol. The standard InChI is InChI=1S/C5H10N2O2.H3N/c6-7-3-1-2-4(7)5(8)9;/h4H,1-3,6H2,(H,8,9);1H3/t4-;/m0./s1. The molecule has 1 aliphatic heterocycles. The number of carboxylic acid groups (broad SMARTS) is 1. The van der Waals surface area contributed by atoms with Crippen molar-refractivity contribution in [3.63, 3.8) is 0 Å². The van der Waals surface area contributed by atoms with E-state index in [0.29, 0.717) is 13.0 Å². The summed E-state index contributed by atoms with van der Waals surface area (Å²) in [4.78, 5) is 10.3. The molecule has 6 N–H and O–H groups in total. The Bertz CT molecular complexity index is 128. The van der Waals surface area contributed by atoms with Gasteiger partial charge in [0, 0.05) is 6.54 Å². The summed E-state index contributed by atoms with van der Waals surface area (Å²) in [5.74, 6) is 4.52. The van der Waals surface area contributed by atoms with Crippen LogP contribution in [0.15, 0.2) is 0 Å². The van der Waals surface area contributed by atoms with E-state index in [1.165, 1.54) is 5.01 Å². The van der Waals surface area contributed by atoms with Gasteiger partial charge in [-0.15, -0.1) is 0 Å². The summed E-state index contributed by atoms with van der Waals surface area (Å²) in [6.07, 6.45) is 1.58. The van der Waals surface area contributed by atoms with E-state index in [-0.39, 0.29) is 6.15 Å². The third kappa shape index (κ3) is 1.66. The molecule has 1 atom stereocenters. The van der Waals surface area contributed by atoms with E-state index in [2.05, 4.69) is 0 Å². The van der Waals surface area contributed by atoms with Crippen LogP contribution in [0.2, 0.25) is 0 Å². The van der Waals surface area contributed by atoms with E-state index in [4.69, 9.17) is 10.9 Å². The Morgan fingerprint density at radius 3 is 2.50 bits per heavy atom. The molecule has 5 nitrogen and oxygen atoms in total. The highest BCUT2D eigenvalue weighted by atomic mass is 16.4. The maximum absolute atomic E-state index is 10.3. The summed E-state index contributed by atoms with van der Waals surface area (Å²) < 4.78 is 0. The number of rotatable bonds is 1. The van der Waals surface area contributed by atoms with Gasteiger partial charge < -0.3 is 11.3 Å². The number of carboxylic acids is 1. The van der Waals surface area contributed by atoms with Gasteiger partial charge in [0.1, 0.15) is 6.04 Å². The summed E-state index contributed by atoms with van der Waals surface area (Å²) in [5, 5.41) is 9.84. The number of nitrogens with two attached hydrogens (primary N) is 1. The highest BCUT2D eigenvalue weighted by Crippen LogP contribution is 2.12. The molecule has 0 bridgehead atoms. The Morgan fingerprint density at radius 1 is 1.70 bits per heavy atom. The van der Waals surface area contributed by atoms with Crippen molar-refractivity contribution in [2.24, 2.45) is 5.84 Å². The lowest BCUT2D eigenvalue weighted by molar-refractivity contribution is -0.142. The Morgan fingerprint density at radius 2 is 2.30 bits per heavy atom. The lowest BCUT2D eigenvalue weighted by atomic mass is 10.2. The molecule has 0 aromatic heterocycles. The van der Waals surface area contributed by atoms with Crippen LogP contribution < -0.4 is 12.0 Å². The number of carbonyl (C=O) groups is 1. The molecule has 1 fully saturated rings. The molecule has 0 aliphatic carbocycles. The molecule has 0 amide bonds. The first kappa shape index (κ1) is 9.35. The van der Waals surface area contributed by atoms with Crippen molar-refractivity contribution < 1.29 is 9.90 Å². The average Bonchev–Trinajstić information content (AvgIpc) is 2.13. The number of nitrogens with zero attached hydrogens (tertiary/aromatic N) is 1. The molecule has 0 unspecified atom stereocenters. The minimum atomic E-state index is -0.810. The lowest BCUT2D eigenvalue weighted by Gasteiger charge is -2.12. The molecule has 1 heterocycles. The summed E-state index contributed by atoms with van der Waals surface area (Å²) in [7, 11) is 0. The normalized spacial score (nSPS) is 25.9. The predicted molar refractivity (Wildman–Crippen MR) is 36.6 cm³/mol. The molecule has 0 aromatic rings. The van der Waals surface area contributed by atoms with Crippen LogP contribution in [0.3, 0.4) is 0 Å². The van der Waals surface area contributed by atoms with Crippen LogP contribution in [-0.2, 0) is 4.79 Å². The van der Waals surface area contributed by atoms with Crippen molar-refractivity contribution in [3.05, 3.63) is 0 Å². The highest BCUT2D eigenvalue weighted by molar-refractivity contribution is 5.73. The molecule has 1 rings (SSSR count). The van der Waals surface area contributed by atoms with E-state index >= 15 is 0 Å². The van der Waals surface area contributed by atoms with Crippen molar-refractivity contribution in [3.8, 4) is 0 Å². The fourth-order valence-electron chi connectivity index (χ4n) is 1.05. The third-order valence-electron chi connectivity index (χ3n) is 1.58. The number of hydrogen-bond acceptors (Lipinski definition) is 4. The quantitative estimate of drug-likeness (QED) is 0.437. The smallest absolute Gasteiger partial charge is 0.322 e. The van der Waals surface area contributed by atoms with Crippen LogP contribution in [0, 0.1) is 0 Å². The Balaban J connectivity index is 0.000000810. The van der Waals surface area contributed by atoms with Crippen LogP contribution in [-0.4, -0.2) is 28.7 Å². The van der Waals surface area contributed by atoms with Gasteiger partial charge in [0.2, 0.25) is 0 Å². The molecule has 10 heavy (non-hydrogen) atoms. The molecule has 0 radical (unpaired) electrons. The largest absolute Gasteiger partial charge is 0.480 e. The first-order valence-electron chi connectivity index (χ1n) is 2.96. The third-order valence-corrected chi connectivity index (χ3v) is 1.58. The molecule has 1 aliphatic rings. The van der Waals surface area contributed by atoms with Crippen molar-refractivity contribution in [2.45, 2.75) is 18.9 Å². The van der Waals surface area contributed by atoms with Crippen molar-refractivity contribution >= 4 is 5.97 Å². The van der Waals surface area contributed by atoms with Crippen LogP contribution in [0.5, 0.6) is 0 Å². The topological polar surface area (TPSA) is 102 Å². The van der Waals surface area contributed by atoms with Crippen LogP contribution in [0.4, 0.5) is 0 Å². The first-order valence-corrected chi connectivity index (χ1v) is 2.96. The fourth-order valence-corrected chi connectivity index (χ4v) is 1.05. The van der Waals surface area contributed by atoms with Crippen molar-refractivity contribution in [1.82, 2.24) is 11.2 Å². The Kier molecular flexibility index (Phi) is 3.27. The second-order valence-corrected chi connectivity index (χ2v) is 2.23. The van der Waals surface area contributed by atoms with Gasteiger partial charge in [-0.25, -0.2) is 5.01 Å². The predicted octanol–water partition coefficient (Wildman–Crippen LogP) is -0.429. The zero-order valence-electron chi connectivity index (χ0n) is 5.79. The Labute approximate surface area is 59.4 Å². The van der Waals surface area contributed by atoms with Crippen molar-refractivity contribution in [1.29, 1.82) is 0 Å². The van der Waals surface area contributed by atoms with E-state index in [1.54, 1.807) is 0 Å². The average molecular weight is 147 g/mol. The fraction of sp³-hybridized carbons (Fsp3) is 0.800. The van der Waals surface area contributed by atoms with Crippen LogP contribution in [0.1, 0.15) is 12.8 Å². The van der Waals surface area contributed by atoms with E-state index in [0.717, 1.165) is 6.42 Å². The van der Waals surface area contributed by atoms with Crippen LogP contribution >= 0.6 is 0 Å². The van der Waals surface area contributed by atoms with E-state index in [1.807, 2.05) is 0 Å². The van der Waals surface area contributed by atoms with Gasteiger partial charge >= 0.3 is 5.97 Å². The van der Waals surface area contributed by atoms with Gasteiger partial charge in [0.15, 0.2) is 0 Å². The maximum atomic E-state index is 10.3. The summed E-state index contributed by atoms with van der Waals surface area (Å²) in [6.45, 7) is 0.705. The minimum Gasteiger partial charge on any atom is -0.480 e. The molecule has 5 heteroatoms. The zero-order chi connectivity index (χ0) is 6.85. The molecule has 0 spiro atoms. The van der Waals surface area contributed by atoms with E-state index < -0.39 is 12.0 Å². The second-order valence-electron chi connectivity index (χ2n) is 2.23. The van der Waals surface area contributed by atoms with Crippen molar-refractivity contribution in [2.75, 3.05) is 6.54 Å². The summed E-state index contributed by atoms with van der Waals surface area (Å²) in [6, 6.07) is -0.440. The molecule has 0 aromatic carbocycles. The van der Waals surface area contributed by atoms with Gasteiger partial charge in [-0.1, -0.05) is 0 Å². The number of hydrazine groups is 1. The summed E-state index contributed by atoms with van der Waals surface area (Å²) in [5.41, 5.74) is 0. The molecular formula is C5H13N3O2.